The van der Waals surface area contributed by atoms with Crippen molar-refractivity contribution < 1.29 is 13.6 Å². The second-order valence-electron chi connectivity index (χ2n) is 3.28. The van der Waals surface area contributed by atoms with Gasteiger partial charge in [-0.1, -0.05) is 12.1 Å². The molecule has 92 valence electrons. The van der Waals surface area contributed by atoms with Gasteiger partial charge in [0.2, 0.25) is 0 Å². The number of para-hydroxylation sites is 1. The molecule has 0 bridgehead atoms. The molecule has 1 N–H and O–H groups in total. The van der Waals surface area contributed by atoms with Crippen LogP contribution in [0.25, 0.3) is 0 Å². The Hall–Kier alpha value is -2.12. The molecule has 2 aromatic rings. The zero-order chi connectivity index (χ0) is 13.0. The molecule has 0 aliphatic carbocycles. The molecule has 1 unspecified atom stereocenters. The predicted molar refractivity (Wildman–Crippen MR) is 63.6 cm³/mol. The van der Waals surface area contributed by atoms with Gasteiger partial charge in [-0.2, -0.15) is 0 Å². The number of carbonyl (C=O) groups is 1. The molecule has 1 atom stereocenters. The highest BCUT2D eigenvalue weighted by Crippen LogP contribution is 2.18. The van der Waals surface area contributed by atoms with Crippen LogP contribution in [0.4, 0.5) is 5.69 Å². The second kappa shape index (κ2) is 5.48. The zero-order valence-corrected chi connectivity index (χ0v) is 9.89. The summed E-state index contributed by atoms with van der Waals surface area (Å²) in [4.78, 5) is 19.4. The summed E-state index contributed by atoms with van der Waals surface area (Å²) < 4.78 is 21.9. The summed E-state index contributed by atoms with van der Waals surface area (Å²) in [5.74, 6) is -0.513. The Kier molecular flexibility index (Phi) is 3.75. The summed E-state index contributed by atoms with van der Waals surface area (Å²) in [6.45, 7) is 0. The summed E-state index contributed by atoms with van der Waals surface area (Å²) in [5.41, 5.74) is 0.325. The first-order valence-corrected chi connectivity index (χ1v) is 6.01. The quantitative estimate of drug-likeness (QED) is 0.831. The van der Waals surface area contributed by atoms with Gasteiger partial charge in [0, 0.05) is 17.3 Å². The fourth-order valence-electron chi connectivity index (χ4n) is 1.32. The third-order valence-electron chi connectivity index (χ3n) is 2.11. The standard InChI is InChI=1S/C11H9N3O3S/c15-11(9-7-12-5-6-13-9)14-8-3-1-2-4-10(8)18(16)17/h1-7H,(H,14,15)(H,16,17)/p-1. The van der Waals surface area contributed by atoms with Crippen LogP contribution in [-0.2, 0) is 11.1 Å². The van der Waals surface area contributed by atoms with Crippen LogP contribution in [0, 0.1) is 0 Å². The lowest BCUT2D eigenvalue weighted by atomic mass is 10.3. The van der Waals surface area contributed by atoms with Crippen molar-refractivity contribution in [3.8, 4) is 0 Å². The molecule has 18 heavy (non-hydrogen) atoms. The normalized spacial score (nSPS) is 11.8. The molecule has 1 aromatic heterocycles. The molecule has 1 amide bonds. The molecular formula is C11H8N3O3S-. The Morgan fingerprint density at radius 2 is 2.06 bits per heavy atom. The van der Waals surface area contributed by atoms with Crippen LogP contribution >= 0.6 is 0 Å². The number of hydrogen-bond donors (Lipinski definition) is 1. The average Bonchev–Trinajstić information content (AvgIpc) is 2.40. The van der Waals surface area contributed by atoms with Gasteiger partial charge in [-0.3, -0.25) is 14.0 Å². The lowest BCUT2D eigenvalue weighted by Gasteiger charge is -2.12. The molecule has 0 saturated heterocycles. The summed E-state index contributed by atoms with van der Waals surface area (Å²) in [6.07, 6.45) is 4.12. The first-order valence-electron chi connectivity index (χ1n) is 4.94. The molecule has 0 aliphatic rings. The SMILES string of the molecule is O=C(Nc1ccccc1S(=O)[O-])c1cnccn1. The minimum atomic E-state index is -2.41. The van der Waals surface area contributed by atoms with Crippen molar-refractivity contribution in [3.63, 3.8) is 0 Å². The summed E-state index contributed by atoms with van der Waals surface area (Å²) in [6, 6.07) is 6.10. The number of benzene rings is 1. The summed E-state index contributed by atoms with van der Waals surface area (Å²) in [5, 5.41) is 2.47. The largest absolute Gasteiger partial charge is 0.768 e. The average molecular weight is 262 g/mol. The van der Waals surface area contributed by atoms with Crippen molar-refractivity contribution in [3.05, 3.63) is 48.5 Å². The van der Waals surface area contributed by atoms with E-state index in [1.54, 1.807) is 12.1 Å². The van der Waals surface area contributed by atoms with Crippen LogP contribution in [0.5, 0.6) is 0 Å². The highest BCUT2D eigenvalue weighted by atomic mass is 32.2. The fourth-order valence-corrected chi connectivity index (χ4v) is 1.81. The highest BCUT2D eigenvalue weighted by molar-refractivity contribution is 7.79. The maximum atomic E-state index is 11.8. The summed E-state index contributed by atoms with van der Waals surface area (Å²) >= 11 is -2.41. The van der Waals surface area contributed by atoms with Gasteiger partial charge in [0.1, 0.15) is 5.69 Å². The van der Waals surface area contributed by atoms with E-state index >= 15 is 0 Å². The van der Waals surface area contributed by atoms with E-state index in [1.807, 2.05) is 0 Å². The van der Waals surface area contributed by atoms with Crippen LogP contribution in [0.15, 0.2) is 47.8 Å². The minimum absolute atomic E-state index is 0.0229. The summed E-state index contributed by atoms with van der Waals surface area (Å²) in [7, 11) is 0. The number of rotatable bonds is 3. The van der Waals surface area contributed by atoms with Crippen molar-refractivity contribution >= 4 is 22.7 Å². The van der Waals surface area contributed by atoms with E-state index in [0.717, 1.165) is 0 Å². The molecular weight excluding hydrogens is 254 g/mol. The van der Waals surface area contributed by atoms with Gasteiger partial charge in [0.15, 0.2) is 0 Å². The monoisotopic (exact) mass is 262 g/mol. The minimum Gasteiger partial charge on any atom is -0.768 e. The first kappa shape index (κ1) is 12.3. The maximum absolute atomic E-state index is 11.8. The van der Waals surface area contributed by atoms with Crippen molar-refractivity contribution in [2.75, 3.05) is 5.32 Å². The highest BCUT2D eigenvalue weighted by Gasteiger charge is 2.10. The Balaban J connectivity index is 2.25. The molecule has 1 heterocycles. The van der Waals surface area contributed by atoms with E-state index in [2.05, 4.69) is 15.3 Å². The lowest BCUT2D eigenvalue weighted by Crippen LogP contribution is -2.15. The zero-order valence-electron chi connectivity index (χ0n) is 9.07. The van der Waals surface area contributed by atoms with E-state index in [-0.39, 0.29) is 16.3 Å². The number of anilines is 1. The number of nitrogens with one attached hydrogen (secondary N) is 1. The van der Waals surface area contributed by atoms with Gasteiger partial charge >= 0.3 is 0 Å². The van der Waals surface area contributed by atoms with Crippen molar-refractivity contribution in [1.82, 2.24) is 9.97 Å². The topological polar surface area (TPSA) is 95.0 Å². The number of aromatic nitrogens is 2. The third-order valence-corrected chi connectivity index (χ3v) is 2.83. The molecule has 6 nitrogen and oxygen atoms in total. The number of amides is 1. The number of nitrogens with zero attached hydrogens (tertiary/aromatic N) is 2. The van der Waals surface area contributed by atoms with Gasteiger partial charge in [0.25, 0.3) is 5.91 Å². The predicted octanol–water partition coefficient (Wildman–Crippen LogP) is 0.967. The van der Waals surface area contributed by atoms with Crippen molar-refractivity contribution in [2.45, 2.75) is 4.90 Å². The van der Waals surface area contributed by atoms with Crippen LogP contribution in [-0.4, -0.2) is 24.6 Å². The van der Waals surface area contributed by atoms with E-state index in [0.29, 0.717) is 0 Å². The number of carbonyl (C=O) groups excluding carboxylic acids is 1. The van der Waals surface area contributed by atoms with Gasteiger partial charge < -0.3 is 9.87 Å². The van der Waals surface area contributed by atoms with E-state index in [4.69, 9.17) is 0 Å². The van der Waals surface area contributed by atoms with Gasteiger partial charge in [-0.25, -0.2) is 4.98 Å². The Morgan fingerprint density at radius 3 is 2.72 bits per heavy atom. The van der Waals surface area contributed by atoms with Gasteiger partial charge in [0.05, 0.1) is 11.9 Å². The van der Waals surface area contributed by atoms with Crippen molar-refractivity contribution in [2.24, 2.45) is 0 Å². The van der Waals surface area contributed by atoms with E-state index < -0.39 is 17.0 Å². The Bertz CT molecular complexity index is 589. The van der Waals surface area contributed by atoms with Gasteiger partial charge in [-0.05, 0) is 23.2 Å². The molecule has 0 spiro atoms. The molecule has 7 heteroatoms. The molecule has 0 radical (unpaired) electrons. The van der Waals surface area contributed by atoms with Crippen LogP contribution in [0.3, 0.4) is 0 Å². The fraction of sp³-hybridized carbons (Fsp3) is 0. The molecule has 1 aromatic carbocycles. The second-order valence-corrected chi connectivity index (χ2v) is 4.18. The van der Waals surface area contributed by atoms with Crippen LogP contribution < -0.4 is 5.32 Å². The number of hydrogen-bond acceptors (Lipinski definition) is 5. The first-order chi connectivity index (χ1) is 8.68. The van der Waals surface area contributed by atoms with E-state index in [9.17, 15) is 13.6 Å². The molecule has 0 aliphatic heterocycles. The third kappa shape index (κ3) is 2.76. The molecule has 0 saturated carbocycles. The Morgan fingerprint density at radius 1 is 1.28 bits per heavy atom. The van der Waals surface area contributed by atoms with Crippen LogP contribution in [0.2, 0.25) is 0 Å². The van der Waals surface area contributed by atoms with Crippen LogP contribution in [0.1, 0.15) is 10.5 Å². The van der Waals surface area contributed by atoms with Crippen molar-refractivity contribution in [1.29, 1.82) is 0 Å². The van der Waals surface area contributed by atoms with E-state index in [1.165, 1.54) is 30.7 Å². The maximum Gasteiger partial charge on any atom is 0.275 e. The van der Waals surface area contributed by atoms with Gasteiger partial charge in [-0.15, -0.1) is 0 Å². The Labute approximate surface area is 105 Å². The lowest BCUT2D eigenvalue weighted by molar-refractivity contribution is 0.102. The molecule has 2 rings (SSSR count). The smallest absolute Gasteiger partial charge is 0.275 e. The molecule has 0 fully saturated rings.